The van der Waals surface area contributed by atoms with Crippen LogP contribution in [0.5, 0.6) is 0 Å². The zero-order valence-electron chi connectivity index (χ0n) is 37.1. The molecule has 0 spiro atoms. The molecule has 7 rings (SSSR count). The van der Waals surface area contributed by atoms with Crippen LogP contribution in [0.15, 0.2) is 102 Å². The van der Waals surface area contributed by atoms with E-state index in [2.05, 4.69) is 5.32 Å². The molecule has 3 aromatic rings. The Morgan fingerprint density at radius 2 is 1.52 bits per heavy atom. The van der Waals surface area contributed by atoms with Gasteiger partial charge in [0.1, 0.15) is 17.8 Å². The standard InChI is InChI=1S/C49H57NO13S/c1-28-34(62-45(56)39(53)38(32-19-13-9-14-20-32)50-44(55)33-21-15-10-16-22-33)24-49(57)43(58-25-31-17-11-8-12-18-31)41-47(6,42(54)40(61-29(2)51)37(28)46(49,4)5)35(60-27-64-7)23-36-48(41,26-59-36)63-30(3)52/h8-22,34-36,38-41,43,53,57H,23-27H2,1-7H3,(H,50,55)/t34-,35-,36+,38-,39+,40+,41-,43-,47+,48-,49+/m0/s1. The SMILES string of the molecule is CSCO[C@H]1C[C@H]2OC[C@@]2(OC(C)=O)[C@H]2[C@H](OCc3ccccc3)[C@]3(O)C[C@H](OC(=O)[C@H](O)[C@@H](NC(=O)c4ccccc4)c4ccccc4)C(C)=C([C@@H](OC(C)=O)C(=O)[C@]12C)C3(C)C. The minimum atomic E-state index is -2.10. The highest BCUT2D eigenvalue weighted by atomic mass is 32.2. The van der Waals surface area contributed by atoms with Crippen molar-refractivity contribution in [3.8, 4) is 0 Å². The van der Waals surface area contributed by atoms with Crippen LogP contribution in [0.2, 0.25) is 0 Å². The first-order valence-corrected chi connectivity index (χ1v) is 22.8. The molecule has 64 heavy (non-hydrogen) atoms. The Bertz CT molecular complexity index is 2260. The summed E-state index contributed by atoms with van der Waals surface area (Å²) in [4.78, 5) is 70.2. The van der Waals surface area contributed by atoms with Crippen LogP contribution in [0, 0.1) is 16.7 Å². The lowest BCUT2D eigenvalue weighted by atomic mass is 9.44. The molecular weight excluding hydrogens is 843 g/mol. The van der Waals surface area contributed by atoms with E-state index in [9.17, 15) is 29.4 Å². The fourth-order valence-corrected chi connectivity index (χ4v) is 10.9. The van der Waals surface area contributed by atoms with E-state index >= 15 is 4.79 Å². The number of carbonyl (C=O) groups is 5. The molecule has 14 nitrogen and oxygen atoms in total. The fraction of sp³-hybridized carbons (Fsp3) is 0.490. The van der Waals surface area contributed by atoms with Gasteiger partial charge in [0.15, 0.2) is 23.6 Å². The van der Waals surface area contributed by atoms with E-state index in [0.29, 0.717) is 16.7 Å². The van der Waals surface area contributed by atoms with Crippen molar-refractivity contribution in [2.75, 3.05) is 18.8 Å². The first-order valence-electron chi connectivity index (χ1n) is 21.4. The van der Waals surface area contributed by atoms with E-state index < -0.39 is 100 Å². The Balaban J connectivity index is 1.39. The smallest absolute Gasteiger partial charge is 0.338 e. The van der Waals surface area contributed by atoms with Crippen molar-refractivity contribution in [3.05, 3.63) is 119 Å². The largest absolute Gasteiger partial charge is 0.456 e. The molecule has 1 heterocycles. The summed E-state index contributed by atoms with van der Waals surface area (Å²) in [6.07, 6.45) is -6.38. The van der Waals surface area contributed by atoms with E-state index in [-0.39, 0.29) is 37.6 Å². The number of Topliss-reactive ketones (excluding diaryl/α,β-unsaturated/α-hetero) is 1. The van der Waals surface area contributed by atoms with Gasteiger partial charge in [-0.15, -0.1) is 11.8 Å². The molecule has 342 valence electrons. The average Bonchev–Trinajstić information content (AvgIpc) is 3.26. The molecule has 0 radical (unpaired) electrons. The third-order valence-corrected chi connectivity index (χ3v) is 14.2. The fourth-order valence-electron chi connectivity index (χ4n) is 10.6. The highest BCUT2D eigenvalue weighted by Gasteiger charge is 2.78. The number of aliphatic hydroxyl groups is 2. The van der Waals surface area contributed by atoms with Crippen molar-refractivity contribution in [1.82, 2.24) is 5.32 Å². The predicted molar refractivity (Wildman–Crippen MR) is 234 cm³/mol. The van der Waals surface area contributed by atoms with Gasteiger partial charge in [0.25, 0.3) is 5.91 Å². The second kappa shape index (κ2) is 18.5. The molecule has 4 aliphatic rings. The first kappa shape index (κ1) is 47.1. The van der Waals surface area contributed by atoms with Crippen LogP contribution >= 0.6 is 11.8 Å². The maximum absolute atomic E-state index is 15.9. The Hall–Kier alpha value is -4.90. The van der Waals surface area contributed by atoms with Crippen LogP contribution in [-0.2, 0) is 54.2 Å². The van der Waals surface area contributed by atoms with Gasteiger partial charge in [0.05, 0.1) is 42.8 Å². The number of carbonyl (C=O) groups excluding carboxylic acids is 5. The lowest BCUT2D eigenvalue weighted by Crippen LogP contribution is -2.82. The summed E-state index contributed by atoms with van der Waals surface area (Å²) in [5.41, 5.74) is -4.84. The van der Waals surface area contributed by atoms with Crippen LogP contribution in [0.25, 0.3) is 0 Å². The molecular formula is C49H57NO13S. The second-order valence-corrected chi connectivity index (χ2v) is 18.7. The molecule has 1 saturated heterocycles. The van der Waals surface area contributed by atoms with Gasteiger partial charge in [0.2, 0.25) is 0 Å². The van der Waals surface area contributed by atoms with Gasteiger partial charge in [-0.1, -0.05) is 92.7 Å². The minimum Gasteiger partial charge on any atom is -0.456 e. The van der Waals surface area contributed by atoms with E-state index in [1.165, 1.54) is 25.6 Å². The molecule has 11 atom stereocenters. The number of thioether (sulfide) groups is 1. The third-order valence-electron chi connectivity index (χ3n) is 13.9. The van der Waals surface area contributed by atoms with E-state index in [1.807, 2.05) is 36.6 Å². The molecule has 2 bridgehead atoms. The number of aliphatic hydroxyl groups excluding tert-OH is 1. The van der Waals surface area contributed by atoms with Crippen molar-refractivity contribution < 1.29 is 62.6 Å². The number of hydrogen-bond donors (Lipinski definition) is 3. The number of benzene rings is 3. The number of hydrogen-bond acceptors (Lipinski definition) is 14. The zero-order chi connectivity index (χ0) is 46.2. The summed E-state index contributed by atoms with van der Waals surface area (Å²) in [5.74, 6) is -4.73. The summed E-state index contributed by atoms with van der Waals surface area (Å²) in [6.45, 7) is 9.00. The highest BCUT2D eigenvalue weighted by molar-refractivity contribution is 7.98. The summed E-state index contributed by atoms with van der Waals surface area (Å²) >= 11 is 1.39. The maximum atomic E-state index is 15.9. The van der Waals surface area contributed by atoms with Crippen LogP contribution in [-0.4, -0.2) is 106 Å². The monoisotopic (exact) mass is 899 g/mol. The molecule has 3 fully saturated rings. The van der Waals surface area contributed by atoms with Crippen molar-refractivity contribution in [1.29, 1.82) is 0 Å². The van der Waals surface area contributed by atoms with Crippen LogP contribution in [0.4, 0.5) is 0 Å². The minimum absolute atomic E-state index is 0.0584. The summed E-state index contributed by atoms with van der Waals surface area (Å²) in [7, 11) is 0. The van der Waals surface area contributed by atoms with Gasteiger partial charge in [-0.25, -0.2) is 4.79 Å². The van der Waals surface area contributed by atoms with Crippen molar-refractivity contribution >= 4 is 41.4 Å². The van der Waals surface area contributed by atoms with E-state index in [4.69, 9.17) is 28.4 Å². The van der Waals surface area contributed by atoms with Gasteiger partial charge in [-0.3, -0.25) is 19.2 Å². The van der Waals surface area contributed by atoms with Gasteiger partial charge < -0.3 is 44.0 Å². The number of nitrogens with one attached hydrogen (secondary N) is 1. The molecule has 2 saturated carbocycles. The second-order valence-electron chi connectivity index (χ2n) is 17.9. The number of ether oxygens (including phenoxy) is 6. The van der Waals surface area contributed by atoms with Gasteiger partial charge in [-0.2, -0.15) is 0 Å². The van der Waals surface area contributed by atoms with Crippen molar-refractivity contribution in [3.63, 3.8) is 0 Å². The number of amides is 1. The number of esters is 3. The number of ketones is 1. The average molecular weight is 900 g/mol. The molecule has 1 aliphatic heterocycles. The lowest BCUT2D eigenvalue weighted by Gasteiger charge is -2.68. The molecule has 0 aromatic heterocycles. The first-order chi connectivity index (χ1) is 30.4. The zero-order valence-corrected chi connectivity index (χ0v) is 37.9. The van der Waals surface area contributed by atoms with Gasteiger partial charge >= 0.3 is 17.9 Å². The molecule has 3 N–H and O–H groups in total. The van der Waals surface area contributed by atoms with E-state index in [0.717, 1.165) is 5.56 Å². The van der Waals surface area contributed by atoms with Gasteiger partial charge in [-0.05, 0) is 54.5 Å². The third kappa shape index (κ3) is 8.30. The van der Waals surface area contributed by atoms with Crippen LogP contribution in [0.1, 0.15) is 81.9 Å². The van der Waals surface area contributed by atoms with Gasteiger partial charge in [0, 0.05) is 43.6 Å². The molecule has 0 unspecified atom stereocenters. The lowest BCUT2D eigenvalue weighted by molar-refractivity contribution is -0.353. The Kier molecular flexibility index (Phi) is 13.6. The number of rotatable bonds is 14. The van der Waals surface area contributed by atoms with Crippen molar-refractivity contribution in [2.24, 2.45) is 16.7 Å². The summed E-state index contributed by atoms with van der Waals surface area (Å²) in [6, 6.07) is 24.8. The summed E-state index contributed by atoms with van der Waals surface area (Å²) < 4.78 is 38.2. The molecule has 3 aromatic carbocycles. The van der Waals surface area contributed by atoms with Crippen molar-refractivity contribution in [2.45, 2.75) is 115 Å². The molecule has 1 amide bonds. The topological polar surface area (TPSA) is 193 Å². The Morgan fingerprint density at radius 1 is 0.891 bits per heavy atom. The van der Waals surface area contributed by atoms with Crippen LogP contribution < -0.4 is 5.32 Å². The quantitative estimate of drug-likeness (QED) is 0.0802. The maximum Gasteiger partial charge on any atom is 0.338 e. The Labute approximate surface area is 377 Å². The Morgan fingerprint density at radius 3 is 2.09 bits per heavy atom. The number of fused-ring (bicyclic) bond motifs is 5. The van der Waals surface area contributed by atoms with Crippen LogP contribution in [0.3, 0.4) is 0 Å². The normalized spacial score (nSPS) is 31.4. The predicted octanol–water partition coefficient (Wildman–Crippen LogP) is 5.44. The summed E-state index contributed by atoms with van der Waals surface area (Å²) in [5, 5.41) is 28.6. The highest BCUT2D eigenvalue weighted by Crippen LogP contribution is 2.65. The van der Waals surface area contributed by atoms with E-state index in [1.54, 1.807) is 88.4 Å². The molecule has 15 heteroatoms. The molecule has 3 aliphatic carbocycles.